The third-order valence-electron chi connectivity index (χ3n) is 0.110. The van der Waals surface area contributed by atoms with Gasteiger partial charge in [0.1, 0.15) is 0 Å². The Balaban J connectivity index is 3.17. The lowest BCUT2D eigenvalue weighted by molar-refractivity contribution is -0.168. The van der Waals surface area contributed by atoms with E-state index in [4.69, 9.17) is 19.9 Å². The van der Waals surface area contributed by atoms with Gasteiger partial charge in [0.25, 0.3) is 0 Å². The lowest BCUT2D eigenvalue weighted by Crippen LogP contribution is -1.88. The average Bonchev–Trinajstić information content (AvgIpc) is 1.35. The van der Waals surface area contributed by atoms with Gasteiger partial charge in [0.05, 0.1) is 0 Å². The molecule has 0 spiro atoms. The van der Waals surface area contributed by atoms with Crippen LogP contribution in [-0.4, -0.2) is 19.9 Å². The summed E-state index contributed by atoms with van der Waals surface area (Å²) < 4.78 is 2.72. The van der Waals surface area contributed by atoms with Crippen LogP contribution in [0.2, 0.25) is 0 Å². The molecule has 0 atom stereocenters. The van der Waals surface area contributed by atoms with E-state index in [0.717, 1.165) is 0 Å². The summed E-state index contributed by atoms with van der Waals surface area (Å²) >= 11 is 0. The second kappa shape index (κ2) is 1.79. The number of hydrogen-bond acceptors (Lipinski definition) is 5. The van der Waals surface area contributed by atoms with Crippen molar-refractivity contribution in [3.8, 4) is 0 Å². The molecule has 0 aliphatic heterocycles. The zero-order chi connectivity index (χ0) is 5.21. The van der Waals surface area contributed by atoms with E-state index < -0.39 is 8.17 Å². The first kappa shape index (κ1) is 6.23. The Kier molecular flexibility index (Phi) is 1.86. The third-order valence-corrected chi connectivity index (χ3v) is 0.329. The maximum absolute atomic E-state index is 7.58. The predicted molar refractivity (Wildman–Crippen MR) is 17.3 cm³/mol. The van der Waals surface area contributed by atoms with E-state index in [1.54, 1.807) is 0 Å². The molecular weight excluding hydrogens is 111 g/mol. The minimum Gasteiger partial charge on any atom is -0.206 e. The van der Waals surface area contributed by atoms with Gasteiger partial charge in [-0.25, -0.2) is 5.26 Å². The van der Waals surface area contributed by atoms with Gasteiger partial charge in [-0.15, -0.1) is 0 Å². The summed E-state index contributed by atoms with van der Waals surface area (Å²) in [5, 5.41) is 7.20. The van der Waals surface area contributed by atoms with Crippen LogP contribution in [0.15, 0.2) is 0 Å². The molecule has 0 aliphatic carbocycles. The maximum atomic E-state index is 7.58. The van der Waals surface area contributed by atoms with Crippen LogP contribution >= 0.6 is 8.17 Å². The van der Waals surface area contributed by atoms with Gasteiger partial charge in [-0.3, -0.25) is 0 Å². The van der Waals surface area contributed by atoms with E-state index in [1.165, 1.54) is 0 Å². The van der Waals surface area contributed by atoms with Gasteiger partial charge < -0.3 is 0 Å². The van der Waals surface area contributed by atoms with Crippen molar-refractivity contribution in [3.63, 3.8) is 0 Å². The zero-order valence-corrected chi connectivity index (χ0v) is 3.54. The van der Waals surface area contributed by atoms with Gasteiger partial charge in [-0.05, 0) is 0 Å². The molecule has 5 nitrogen and oxygen atoms in total. The van der Waals surface area contributed by atoms with Crippen molar-refractivity contribution in [1.29, 1.82) is 0 Å². The summed E-state index contributed by atoms with van der Waals surface area (Å²) in [7, 11) is -4.34. The molecule has 0 fully saturated rings. The highest BCUT2D eigenvalue weighted by atomic mass is 31.2. The van der Waals surface area contributed by atoms with E-state index in [0.29, 0.717) is 0 Å². The Morgan fingerprint density at radius 1 is 1.17 bits per heavy atom. The lowest BCUT2D eigenvalue weighted by Gasteiger charge is -1.89. The fraction of sp³-hybridized carbons (Fsp3) is 0. The van der Waals surface area contributed by atoms with Gasteiger partial charge in [-0.1, -0.05) is 0 Å². The van der Waals surface area contributed by atoms with Crippen LogP contribution in [0, 0.1) is 0 Å². The van der Waals surface area contributed by atoms with E-state index in [2.05, 4.69) is 4.67 Å². The molecule has 0 heterocycles. The molecule has 38 valence electrons. The van der Waals surface area contributed by atoms with Crippen molar-refractivity contribution in [1.82, 2.24) is 0 Å². The number of hydrogen-bond donors (Lipinski definition) is 4. The third kappa shape index (κ3) is 4.23. The summed E-state index contributed by atoms with van der Waals surface area (Å²) in [6, 6.07) is 0. The molecule has 0 unspecified atom stereocenters. The van der Waals surface area contributed by atoms with Gasteiger partial charge >= 0.3 is 8.17 Å². The molecular formula is H4O5P+. The van der Waals surface area contributed by atoms with Gasteiger partial charge in [0, 0.05) is 4.67 Å². The zero-order valence-electron chi connectivity index (χ0n) is 2.64. The minimum absolute atomic E-state index is 2.72. The first-order chi connectivity index (χ1) is 2.56. The largest absolute Gasteiger partial charge is 0.597 e. The van der Waals surface area contributed by atoms with Crippen LogP contribution in [0.4, 0.5) is 0 Å². The van der Waals surface area contributed by atoms with Gasteiger partial charge in [0.15, 0.2) is 0 Å². The molecule has 0 aromatic rings. The van der Waals surface area contributed by atoms with Crippen LogP contribution < -0.4 is 0 Å². The molecule has 0 rings (SSSR count). The quantitative estimate of drug-likeness (QED) is 0.202. The molecule has 0 aromatic heterocycles. The summed E-state index contributed by atoms with van der Waals surface area (Å²) in [5.74, 6) is 0. The SMILES string of the molecule is OO[P+](O)(O)O. The molecule has 6 heteroatoms. The van der Waals surface area contributed by atoms with Crippen molar-refractivity contribution in [2.75, 3.05) is 0 Å². The van der Waals surface area contributed by atoms with Crippen molar-refractivity contribution >= 4 is 8.17 Å². The minimum atomic E-state index is -4.34. The van der Waals surface area contributed by atoms with E-state index in [1.807, 2.05) is 0 Å². The molecule has 6 heavy (non-hydrogen) atoms. The van der Waals surface area contributed by atoms with Crippen molar-refractivity contribution in [3.05, 3.63) is 0 Å². The van der Waals surface area contributed by atoms with Crippen LogP contribution in [0.25, 0.3) is 0 Å². The Bertz CT molecular complexity index is 33.7. The summed E-state index contributed by atoms with van der Waals surface area (Å²) in [6.45, 7) is 0. The monoisotopic (exact) mass is 115 g/mol. The summed E-state index contributed by atoms with van der Waals surface area (Å²) in [6.07, 6.45) is 0. The van der Waals surface area contributed by atoms with Gasteiger partial charge in [0.2, 0.25) is 0 Å². The molecule has 0 aliphatic rings. The lowest BCUT2D eigenvalue weighted by atomic mass is 15.0. The Morgan fingerprint density at radius 3 is 1.33 bits per heavy atom. The van der Waals surface area contributed by atoms with Crippen LogP contribution in [0.1, 0.15) is 0 Å². The highest BCUT2D eigenvalue weighted by Gasteiger charge is 2.33. The van der Waals surface area contributed by atoms with E-state index in [-0.39, 0.29) is 0 Å². The molecule has 0 aromatic carbocycles. The molecule has 0 bridgehead atoms. The van der Waals surface area contributed by atoms with Crippen molar-refractivity contribution in [2.24, 2.45) is 0 Å². The summed E-state index contributed by atoms with van der Waals surface area (Å²) in [5.41, 5.74) is 0. The second-order valence-electron chi connectivity index (χ2n) is 0.595. The number of rotatable bonds is 1. The first-order valence-electron chi connectivity index (χ1n) is 0.965. The van der Waals surface area contributed by atoms with Crippen LogP contribution in [0.3, 0.4) is 0 Å². The fourth-order valence-electron chi connectivity index (χ4n) is 0. The first-order valence-corrected chi connectivity index (χ1v) is 2.53. The Labute approximate surface area is 34.0 Å². The molecule has 0 saturated carbocycles. The van der Waals surface area contributed by atoms with E-state index in [9.17, 15) is 0 Å². The topological polar surface area (TPSA) is 90.2 Å². The second-order valence-corrected chi connectivity index (χ2v) is 1.78. The molecule has 4 N–H and O–H groups in total. The van der Waals surface area contributed by atoms with Crippen LogP contribution in [0.5, 0.6) is 0 Å². The van der Waals surface area contributed by atoms with Crippen molar-refractivity contribution in [2.45, 2.75) is 0 Å². The van der Waals surface area contributed by atoms with Crippen LogP contribution in [-0.2, 0) is 4.67 Å². The van der Waals surface area contributed by atoms with Gasteiger partial charge in [-0.2, -0.15) is 14.7 Å². The average molecular weight is 115 g/mol. The smallest absolute Gasteiger partial charge is 0.206 e. The standard InChI is InChI=1S/H3O5P/c1-5-6(2,3)4/h2-4H/p+1. The Hall–Kier alpha value is 0.230. The predicted octanol–water partition coefficient (Wildman–Crippen LogP) is -0.870. The maximum Gasteiger partial charge on any atom is 0.597 e. The molecule has 0 radical (unpaired) electrons. The molecule has 0 saturated heterocycles. The Morgan fingerprint density at radius 2 is 1.33 bits per heavy atom. The fourth-order valence-corrected chi connectivity index (χ4v) is 0. The summed E-state index contributed by atoms with van der Waals surface area (Å²) in [4.78, 5) is 22.7. The highest BCUT2D eigenvalue weighted by molar-refractivity contribution is 7.53. The highest BCUT2D eigenvalue weighted by Crippen LogP contribution is 2.43. The van der Waals surface area contributed by atoms with E-state index >= 15 is 0 Å². The van der Waals surface area contributed by atoms with Crippen molar-refractivity contribution < 1.29 is 24.6 Å². The molecule has 0 amide bonds. The normalized spacial score (nSPS) is 12.0.